The molecule has 0 aromatic heterocycles. The Bertz CT molecular complexity index is 358. The highest BCUT2D eigenvalue weighted by molar-refractivity contribution is 5.22. The summed E-state index contributed by atoms with van der Waals surface area (Å²) in [5.41, 5.74) is 2.72. The van der Waals surface area contributed by atoms with Gasteiger partial charge in [-0.05, 0) is 36.9 Å². The molecule has 1 aromatic rings. The fraction of sp³-hybridized carbons (Fsp3) is 0.625. The first-order valence-corrected chi connectivity index (χ1v) is 7.46. The van der Waals surface area contributed by atoms with Crippen LogP contribution in [-0.2, 0) is 13.0 Å². The van der Waals surface area contributed by atoms with E-state index in [4.69, 9.17) is 0 Å². The van der Waals surface area contributed by atoms with Crippen molar-refractivity contribution in [1.29, 1.82) is 0 Å². The lowest BCUT2D eigenvalue weighted by molar-refractivity contribution is 0.179. The average molecular weight is 262 g/mol. The van der Waals surface area contributed by atoms with Crippen LogP contribution >= 0.6 is 0 Å². The summed E-state index contributed by atoms with van der Waals surface area (Å²) in [6, 6.07) is 9.44. The molecule has 1 atom stereocenters. The number of hydrogen-bond acceptors (Lipinski definition) is 3. The lowest BCUT2D eigenvalue weighted by Gasteiger charge is -2.25. The fourth-order valence-electron chi connectivity index (χ4n) is 2.74. The number of hydrogen-bond donors (Lipinski definition) is 2. The summed E-state index contributed by atoms with van der Waals surface area (Å²) in [7, 11) is 0. The first kappa shape index (κ1) is 14.5. The Balaban J connectivity index is 1.90. The van der Waals surface area contributed by atoms with Crippen molar-refractivity contribution in [3.05, 3.63) is 35.4 Å². The molecule has 1 unspecified atom stereocenters. The van der Waals surface area contributed by atoms with Crippen LogP contribution in [0, 0.1) is 0 Å². The van der Waals surface area contributed by atoms with Crippen molar-refractivity contribution in [1.82, 2.24) is 10.2 Å². The second-order valence-corrected chi connectivity index (χ2v) is 5.42. The first-order valence-electron chi connectivity index (χ1n) is 7.46. The Morgan fingerprint density at radius 2 is 2.00 bits per heavy atom. The Morgan fingerprint density at radius 1 is 1.26 bits per heavy atom. The minimum absolute atomic E-state index is 0.236. The van der Waals surface area contributed by atoms with Gasteiger partial charge in [-0.2, -0.15) is 0 Å². The Morgan fingerprint density at radius 3 is 2.58 bits per heavy atom. The molecule has 1 aliphatic heterocycles. The van der Waals surface area contributed by atoms with E-state index >= 15 is 0 Å². The third-order valence-electron chi connectivity index (χ3n) is 3.89. The molecule has 2 rings (SSSR count). The largest absolute Gasteiger partial charge is 0.395 e. The van der Waals surface area contributed by atoms with Gasteiger partial charge < -0.3 is 10.4 Å². The normalized spacial score (nSPS) is 19.2. The van der Waals surface area contributed by atoms with Gasteiger partial charge in [0.2, 0.25) is 0 Å². The molecule has 0 amide bonds. The molecule has 1 aromatic carbocycles. The van der Waals surface area contributed by atoms with Gasteiger partial charge >= 0.3 is 0 Å². The van der Waals surface area contributed by atoms with Gasteiger partial charge in [-0.15, -0.1) is 0 Å². The molecule has 1 fully saturated rings. The highest BCUT2D eigenvalue weighted by atomic mass is 16.3. The molecule has 106 valence electrons. The molecule has 19 heavy (non-hydrogen) atoms. The van der Waals surface area contributed by atoms with Crippen LogP contribution in [0.4, 0.5) is 0 Å². The summed E-state index contributed by atoms with van der Waals surface area (Å²) < 4.78 is 0. The highest BCUT2D eigenvalue weighted by Gasteiger charge is 2.17. The van der Waals surface area contributed by atoms with Crippen LogP contribution in [0.15, 0.2) is 24.3 Å². The zero-order valence-corrected chi connectivity index (χ0v) is 11.9. The Hall–Kier alpha value is -0.900. The number of aliphatic hydroxyl groups is 1. The highest BCUT2D eigenvalue weighted by Crippen LogP contribution is 2.11. The lowest BCUT2D eigenvalue weighted by Crippen LogP contribution is -2.38. The van der Waals surface area contributed by atoms with Gasteiger partial charge in [-0.3, -0.25) is 4.90 Å². The predicted octanol–water partition coefficient (Wildman–Crippen LogP) is 1.80. The maximum absolute atomic E-state index is 9.21. The molecule has 0 bridgehead atoms. The fourth-order valence-corrected chi connectivity index (χ4v) is 2.74. The molecule has 0 spiro atoms. The molecule has 0 saturated carbocycles. The van der Waals surface area contributed by atoms with Crippen molar-refractivity contribution in [3.8, 4) is 0 Å². The van der Waals surface area contributed by atoms with Gasteiger partial charge in [0.05, 0.1) is 6.61 Å². The minimum Gasteiger partial charge on any atom is -0.395 e. The van der Waals surface area contributed by atoms with Crippen LogP contribution in [0.1, 0.15) is 30.9 Å². The van der Waals surface area contributed by atoms with Crippen LogP contribution in [0.25, 0.3) is 0 Å². The van der Waals surface area contributed by atoms with E-state index in [1.807, 2.05) is 0 Å². The third kappa shape index (κ3) is 4.60. The van der Waals surface area contributed by atoms with E-state index in [0.717, 1.165) is 32.6 Å². The molecule has 1 heterocycles. The predicted molar refractivity (Wildman–Crippen MR) is 79.2 cm³/mol. The van der Waals surface area contributed by atoms with E-state index in [0.29, 0.717) is 6.04 Å². The van der Waals surface area contributed by atoms with Gasteiger partial charge in [0.15, 0.2) is 0 Å². The molecule has 3 nitrogen and oxygen atoms in total. The topological polar surface area (TPSA) is 35.5 Å². The number of nitrogens with one attached hydrogen (secondary N) is 1. The molecule has 0 aliphatic carbocycles. The van der Waals surface area contributed by atoms with Gasteiger partial charge in [0.25, 0.3) is 0 Å². The van der Waals surface area contributed by atoms with Crippen LogP contribution < -0.4 is 5.32 Å². The van der Waals surface area contributed by atoms with Gasteiger partial charge in [0.1, 0.15) is 0 Å². The lowest BCUT2D eigenvalue weighted by atomic mass is 10.1. The number of rotatable bonds is 7. The van der Waals surface area contributed by atoms with Crippen LogP contribution in [0.2, 0.25) is 0 Å². The maximum atomic E-state index is 9.21. The van der Waals surface area contributed by atoms with Crippen molar-refractivity contribution < 1.29 is 5.11 Å². The van der Waals surface area contributed by atoms with E-state index < -0.39 is 0 Å². The Labute approximate surface area is 116 Å². The molecule has 0 radical (unpaired) electrons. The van der Waals surface area contributed by atoms with Crippen molar-refractivity contribution in [3.63, 3.8) is 0 Å². The van der Waals surface area contributed by atoms with Crippen molar-refractivity contribution in [2.45, 2.75) is 38.8 Å². The van der Waals surface area contributed by atoms with Gasteiger partial charge in [0, 0.05) is 25.7 Å². The quantitative estimate of drug-likeness (QED) is 0.786. The third-order valence-corrected chi connectivity index (χ3v) is 3.89. The summed E-state index contributed by atoms with van der Waals surface area (Å²) in [4.78, 5) is 2.35. The van der Waals surface area contributed by atoms with Gasteiger partial charge in [-0.25, -0.2) is 0 Å². The molecule has 1 saturated heterocycles. The molecule has 3 heteroatoms. The zero-order valence-electron chi connectivity index (χ0n) is 11.9. The van der Waals surface area contributed by atoms with Gasteiger partial charge in [-0.1, -0.05) is 31.2 Å². The van der Waals surface area contributed by atoms with E-state index in [-0.39, 0.29) is 6.61 Å². The molecule has 1 aliphatic rings. The standard InChI is InChI=1S/C16H26N2O/c1-2-14-5-7-15(8-6-14)12-18(10-11-19)13-16-4-3-9-17-16/h5-8,16-17,19H,2-4,9-13H2,1H3. The molecular weight excluding hydrogens is 236 g/mol. The van der Waals surface area contributed by atoms with Crippen LogP contribution in [0.3, 0.4) is 0 Å². The van der Waals surface area contributed by atoms with Crippen LogP contribution in [0.5, 0.6) is 0 Å². The molecule has 2 N–H and O–H groups in total. The Kier molecular flexibility index (Phi) is 5.83. The second kappa shape index (κ2) is 7.63. The summed E-state index contributed by atoms with van der Waals surface area (Å²) in [6.45, 7) is 6.29. The van der Waals surface area contributed by atoms with Crippen LogP contribution in [-0.4, -0.2) is 42.3 Å². The zero-order chi connectivity index (χ0) is 13.5. The van der Waals surface area contributed by atoms with Crippen molar-refractivity contribution >= 4 is 0 Å². The second-order valence-electron chi connectivity index (χ2n) is 5.42. The number of aryl methyl sites for hydroxylation is 1. The van der Waals surface area contributed by atoms with E-state index in [2.05, 4.69) is 41.4 Å². The van der Waals surface area contributed by atoms with E-state index in [1.165, 1.54) is 24.0 Å². The van der Waals surface area contributed by atoms with E-state index in [9.17, 15) is 5.11 Å². The number of nitrogens with zero attached hydrogens (tertiary/aromatic N) is 1. The smallest absolute Gasteiger partial charge is 0.0558 e. The first-order chi connectivity index (χ1) is 9.31. The van der Waals surface area contributed by atoms with Crippen molar-refractivity contribution in [2.75, 3.05) is 26.2 Å². The minimum atomic E-state index is 0.236. The maximum Gasteiger partial charge on any atom is 0.0558 e. The summed E-state index contributed by atoms with van der Waals surface area (Å²) in [6.07, 6.45) is 3.63. The summed E-state index contributed by atoms with van der Waals surface area (Å²) >= 11 is 0. The average Bonchev–Trinajstić information content (AvgIpc) is 2.93. The van der Waals surface area contributed by atoms with Crippen molar-refractivity contribution in [2.24, 2.45) is 0 Å². The number of aliphatic hydroxyl groups excluding tert-OH is 1. The SMILES string of the molecule is CCc1ccc(CN(CCO)CC2CCCN2)cc1. The molecular formula is C16H26N2O. The summed E-state index contributed by atoms with van der Waals surface area (Å²) in [5.74, 6) is 0. The summed E-state index contributed by atoms with van der Waals surface area (Å²) in [5, 5.41) is 12.7. The van der Waals surface area contributed by atoms with E-state index in [1.54, 1.807) is 0 Å². The monoisotopic (exact) mass is 262 g/mol. The number of benzene rings is 1.